The van der Waals surface area contributed by atoms with Gasteiger partial charge < -0.3 is 15.4 Å². The highest BCUT2D eigenvalue weighted by atomic mass is 32.1. The van der Waals surface area contributed by atoms with E-state index < -0.39 is 0 Å². The Labute approximate surface area is 114 Å². The van der Waals surface area contributed by atoms with Crippen molar-refractivity contribution in [3.05, 3.63) is 29.3 Å². The molecule has 0 spiro atoms. The van der Waals surface area contributed by atoms with Gasteiger partial charge in [-0.1, -0.05) is 19.1 Å². The van der Waals surface area contributed by atoms with Crippen molar-refractivity contribution in [2.75, 3.05) is 24.6 Å². The van der Waals surface area contributed by atoms with Crippen molar-refractivity contribution < 1.29 is 4.74 Å². The van der Waals surface area contributed by atoms with Crippen molar-refractivity contribution in [2.45, 2.75) is 26.4 Å². The highest BCUT2D eigenvalue weighted by Crippen LogP contribution is 2.24. The lowest BCUT2D eigenvalue weighted by Gasteiger charge is -2.35. The van der Waals surface area contributed by atoms with Crippen LogP contribution in [0.5, 0.6) is 0 Å². The van der Waals surface area contributed by atoms with Crippen molar-refractivity contribution >= 4 is 22.9 Å². The molecule has 0 amide bonds. The van der Waals surface area contributed by atoms with E-state index in [-0.39, 0.29) is 0 Å². The molecule has 1 heterocycles. The molecular formula is C14H20N2OS. The molecule has 0 aliphatic carbocycles. The third-order valence-electron chi connectivity index (χ3n) is 3.42. The molecule has 0 aromatic heterocycles. The van der Waals surface area contributed by atoms with E-state index in [1.54, 1.807) is 0 Å². The number of benzene rings is 1. The van der Waals surface area contributed by atoms with Gasteiger partial charge in [0.15, 0.2) is 0 Å². The number of thiocarbonyl (C=S) groups is 1. The fourth-order valence-electron chi connectivity index (χ4n) is 2.35. The van der Waals surface area contributed by atoms with Gasteiger partial charge in [-0.3, -0.25) is 0 Å². The number of rotatable bonds is 3. The van der Waals surface area contributed by atoms with Crippen LogP contribution in [0.3, 0.4) is 0 Å². The molecule has 2 rings (SSSR count). The lowest BCUT2D eigenvalue weighted by molar-refractivity contribution is 0.0384. The van der Waals surface area contributed by atoms with Crippen molar-refractivity contribution in [3.63, 3.8) is 0 Å². The van der Waals surface area contributed by atoms with Crippen LogP contribution in [0.2, 0.25) is 0 Å². The molecular weight excluding hydrogens is 244 g/mol. The zero-order chi connectivity index (χ0) is 13.1. The van der Waals surface area contributed by atoms with Crippen LogP contribution in [-0.4, -0.2) is 30.8 Å². The second-order valence-corrected chi connectivity index (χ2v) is 5.15. The minimum absolute atomic E-state index is 0.341. The van der Waals surface area contributed by atoms with E-state index >= 15 is 0 Å². The van der Waals surface area contributed by atoms with E-state index in [2.05, 4.69) is 30.9 Å². The number of aryl methyl sites for hydroxylation is 1. The number of ether oxygens (including phenoxy) is 1. The van der Waals surface area contributed by atoms with Gasteiger partial charge in [-0.05, 0) is 37.1 Å². The molecule has 2 N–H and O–H groups in total. The number of anilines is 1. The van der Waals surface area contributed by atoms with E-state index in [1.807, 2.05) is 6.07 Å². The van der Waals surface area contributed by atoms with E-state index in [4.69, 9.17) is 22.7 Å². The summed E-state index contributed by atoms with van der Waals surface area (Å²) in [4.78, 5) is 2.84. The molecule has 0 bridgehead atoms. The molecule has 1 aliphatic heterocycles. The van der Waals surface area contributed by atoms with Gasteiger partial charge in [-0.2, -0.15) is 0 Å². The summed E-state index contributed by atoms with van der Waals surface area (Å²) >= 11 is 5.00. The first kappa shape index (κ1) is 13.3. The molecule has 0 radical (unpaired) electrons. The molecule has 1 atom stereocenters. The lowest BCUT2D eigenvalue weighted by Crippen LogP contribution is -2.42. The topological polar surface area (TPSA) is 38.5 Å². The minimum atomic E-state index is 0.341. The summed E-state index contributed by atoms with van der Waals surface area (Å²) < 4.78 is 5.70. The molecule has 1 aromatic carbocycles. The number of morpholine rings is 1. The maximum atomic E-state index is 5.70. The Balaban J connectivity index is 2.20. The van der Waals surface area contributed by atoms with Gasteiger partial charge in [0.2, 0.25) is 0 Å². The molecule has 4 heteroatoms. The molecule has 18 heavy (non-hydrogen) atoms. The van der Waals surface area contributed by atoms with Gasteiger partial charge in [0.1, 0.15) is 4.99 Å². The van der Waals surface area contributed by atoms with Crippen molar-refractivity contribution in [3.8, 4) is 0 Å². The fourth-order valence-corrected chi connectivity index (χ4v) is 2.48. The molecule has 1 aromatic rings. The number of hydrogen-bond donors (Lipinski definition) is 1. The highest BCUT2D eigenvalue weighted by Gasteiger charge is 2.20. The second-order valence-electron chi connectivity index (χ2n) is 4.71. The maximum absolute atomic E-state index is 5.70. The van der Waals surface area contributed by atoms with Crippen molar-refractivity contribution in [2.24, 2.45) is 5.73 Å². The van der Waals surface area contributed by atoms with Crippen LogP contribution < -0.4 is 10.6 Å². The maximum Gasteiger partial charge on any atom is 0.103 e. The Morgan fingerprint density at radius 3 is 2.94 bits per heavy atom. The predicted molar refractivity (Wildman–Crippen MR) is 79.3 cm³/mol. The summed E-state index contributed by atoms with van der Waals surface area (Å²) in [6.45, 7) is 6.98. The van der Waals surface area contributed by atoms with E-state index in [9.17, 15) is 0 Å². The number of nitrogens with two attached hydrogens (primary N) is 1. The average molecular weight is 264 g/mol. The van der Waals surface area contributed by atoms with E-state index in [0.717, 1.165) is 31.7 Å². The third kappa shape index (κ3) is 2.82. The first-order valence-electron chi connectivity index (χ1n) is 6.38. The van der Waals surface area contributed by atoms with Gasteiger partial charge in [0, 0.05) is 24.3 Å². The third-order valence-corrected chi connectivity index (χ3v) is 3.65. The van der Waals surface area contributed by atoms with Gasteiger partial charge in [0.05, 0.1) is 12.7 Å². The standard InChI is InChI=1S/C14H20N2OS/c1-3-12-9-16(6-7-17-12)13-5-4-11(14(15)18)8-10(13)2/h4-5,8,12H,3,6-7,9H2,1-2H3,(H2,15,18). The van der Waals surface area contributed by atoms with Gasteiger partial charge in [-0.25, -0.2) is 0 Å². The minimum Gasteiger partial charge on any atom is -0.389 e. The summed E-state index contributed by atoms with van der Waals surface area (Å²) in [5.74, 6) is 0. The molecule has 98 valence electrons. The second kappa shape index (κ2) is 5.67. The van der Waals surface area contributed by atoms with Crippen LogP contribution in [0.15, 0.2) is 18.2 Å². The summed E-state index contributed by atoms with van der Waals surface area (Å²) in [5.41, 5.74) is 9.07. The quantitative estimate of drug-likeness (QED) is 0.850. The Morgan fingerprint density at radius 1 is 1.56 bits per heavy atom. The molecule has 1 fully saturated rings. The van der Waals surface area contributed by atoms with E-state index in [0.29, 0.717) is 11.1 Å². The molecule has 0 saturated carbocycles. The Morgan fingerprint density at radius 2 is 2.33 bits per heavy atom. The van der Waals surface area contributed by atoms with Crippen molar-refractivity contribution in [1.82, 2.24) is 0 Å². The zero-order valence-corrected chi connectivity index (χ0v) is 11.8. The normalized spacial score (nSPS) is 19.9. The van der Waals surface area contributed by atoms with Crippen LogP contribution in [-0.2, 0) is 4.74 Å². The smallest absolute Gasteiger partial charge is 0.103 e. The molecule has 1 saturated heterocycles. The molecule has 1 aliphatic rings. The van der Waals surface area contributed by atoms with Crippen molar-refractivity contribution in [1.29, 1.82) is 0 Å². The van der Waals surface area contributed by atoms with Crippen LogP contribution in [0.1, 0.15) is 24.5 Å². The Kier molecular flexibility index (Phi) is 4.19. The largest absolute Gasteiger partial charge is 0.389 e. The average Bonchev–Trinajstić information content (AvgIpc) is 2.38. The van der Waals surface area contributed by atoms with Gasteiger partial charge >= 0.3 is 0 Å². The summed E-state index contributed by atoms with van der Waals surface area (Å²) in [5, 5.41) is 0. The number of hydrogen-bond acceptors (Lipinski definition) is 3. The van der Waals surface area contributed by atoms with Crippen LogP contribution >= 0.6 is 12.2 Å². The first-order chi connectivity index (χ1) is 8.61. The monoisotopic (exact) mass is 264 g/mol. The predicted octanol–water partition coefficient (Wildman–Crippen LogP) is 2.24. The van der Waals surface area contributed by atoms with Crippen LogP contribution in [0.4, 0.5) is 5.69 Å². The van der Waals surface area contributed by atoms with Crippen LogP contribution in [0, 0.1) is 6.92 Å². The fraction of sp³-hybridized carbons (Fsp3) is 0.500. The first-order valence-corrected chi connectivity index (χ1v) is 6.79. The van der Waals surface area contributed by atoms with Gasteiger partial charge in [-0.15, -0.1) is 0 Å². The summed E-state index contributed by atoms with van der Waals surface area (Å²) in [6, 6.07) is 6.18. The summed E-state index contributed by atoms with van der Waals surface area (Å²) in [7, 11) is 0. The SMILES string of the molecule is CCC1CN(c2ccc(C(N)=S)cc2C)CCO1. The zero-order valence-electron chi connectivity index (χ0n) is 11.0. The van der Waals surface area contributed by atoms with Crippen LogP contribution in [0.25, 0.3) is 0 Å². The highest BCUT2D eigenvalue weighted by molar-refractivity contribution is 7.80. The Bertz CT molecular complexity index is 447. The van der Waals surface area contributed by atoms with Gasteiger partial charge in [0.25, 0.3) is 0 Å². The molecule has 3 nitrogen and oxygen atoms in total. The number of nitrogens with zero attached hydrogens (tertiary/aromatic N) is 1. The Hall–Kier alpha value is -1.13. The summed E-state index contributed by atoms with van der Waals surface area (Å²) in [6.07, 6.45) is 1.40. The lowest BCUT2D eigenvalue weighted by atomic mass is 10.1. The molecule has 1 unspecified atom stereocenters. The van der Waals surface area contributed by atoms with E-state index in [1.165, 1.54) is 11.3 Å².